The number of aromatic nitrogens is 2. The van der Waals surface area contributed by atoms with Crippen LogP contribution in [0, 0.1) is 5.92 Å². The van der Waals surface area contributed by atoms with Crippen molar-refractivity contribution in [2.24, 2.45) is 5.92 Å². The monoisotopic (exact) mass is 326 g/mol. The van der Waals surface area contributed by atoms with E-state index in [4.69, 9.17) is 0 Å². The second-order valence-electron chi connectivity index (χ2n) is 5.93. The molecule has 2 aromatic rings. The van der Waals surface area contributed by atoms with Crippen LogP contribution in [0.4, 0.5) is 11.5 Å². The van der Waals surface area contributed by atoms with Crippen molar-refractivity contribution in [2.75, 3.05) is 23.8 Å². The Balaban J connectivity index is 1.90. The van der Waals surface area contributed by atoms with Crippen LogP contribution in [0.2, 0.25) is 0 Å². The van der Waals surface area contributed by atoms with Crippen molar-refractivity contribution in [1.82, 2.24) is 9.97 Å². The second kappa shape index (κ2) is 9.01. The summed E-state index contributed by atoms with van der Waals surface area (Å²) in [4.78, 5) is 22.6. The maximum absolute atomic E-state index is 12.1. The maximum atomic E-state index is 12.1. The number of hydrogen-bond donors (Lipinski definition) is 1. The molecule has 0 atom stereocenters. The van der Waals surface area contributed by atoms with Crippen LogP contribution < -0.4 is 10.2 Å². The van der Waals surface area contributed by atoms with Gasteiger partial charge in [0.1, 0.15) is 5.82 Å². The smallest absolute Gasteiger partial charge is 0.228 e. The summed E-state index contributed by atoms with van der Waals surface area (Å²) in [5.74, 6) is 0.707. The first kappa shape index (κ1) is 17.9. The molecule has 2 heterocycles. The normalized spacial score (nSPS) is 10.7. The Labute approximate surface area is 144 Å². The average molecular weight is 326 g/mol. The molecule has 0 aliphatic carbocycles. The zero-order valence-electron chi connectivity index (χ0n) is 14.7. The van der Waals surface area contributed by atoms with Gasteiger partial charge in [-0.15, -0.1) is 0 Å². The van der Waals surface area contributed by atoms with E-state index in [-0.39, 0.29) is 11.8 Å². The topological polar surface area (TPSA) is 58.1 Å². The van der Waals surface area contributed by atoms with Crippen LogP contribution >= 0.6 is 0 Å². The summed E-state index contributed by atoms with van der Waals surface area (Å²) in [6, 6.07) is 7.91. The van der Waals surface area contributed by atoms with Crippen molar-refractivity contribution in [3.05, 3.63) is 48.4 Å². The predicted octanol–water partition coefficient (Wildman–Crippen LogP) is 3.53. The van der Waals surface area contributed by atoms with Crippen molar-refractivity contribution in [3.8, 4) is 0 Å². The molecule has 128 valence electrons. The summed E-state index contributed by atoms with van der Waals surface area (Å²) in [5.41, 5.74) is 2.29. The number of likely N-dealkylation sites (N-methyl/N-ethyl adjacent to an activating group) is 1. The third kappa shape index (κ3) is 5.05. The molecular weight excluding hydrogens is 300 g/mol. The Morgan fingerprint density at radius 2 is 1.88 bits per heavy atom. The molecule has 5 nitrogen and oxygen atoms in total. The van der Waals surface area contributed by atoms with Gasteiger partial charge in [-0.2, -0.15) is 0 Å². The molecule has 0 radical (unpaired) electrons. The molecule has 0 saturated heterocycles. The van der Waals surface area contributed by atoms with Crippen LogP contribution in [0.25, 0.3) is 0 Å². The van der Waals surface area contributed by atoms with Gasteiger partial charge in [0.25, 0.3) is 0 Å². The van der Waals surface area contributed by atoms with Crippen LogP contribution in [0.3, 0.4) is 0 Å². The van der Waals surface area contributed by atoms with Gasteiger partial charge in [-0.05, 0) is 49.1 Å². The summed E-state index contributed by atoms with van der Waals surface area (Å²) in [6.07, 6.45) is 8.07. The number of anilines is 2. The minimum Gasteiger partial charge on any atom is -0.373 e. The summed E-state index contributed by atoms with van der Waals surface area (Å²) in [5, 5.41) is 2.89. The maximum Gasteiger partial charge on any atom is 0.228 e. The Morgan fingerprint density at radius 1 is 1.17 bits per heavy atom. The number of nitrogens with one attached hydrogen (secondary N) is 1. The third-order valence-corrected chi connectivity index (χ3v) is 4.28. The van der Waals surface area contributed by atoms with Crippen molar-refractivity contribution in [1.29, 1.82) is 0 Å². The van der Waals surface area contributed by atoms with Gasteiger partial charge >= 0.3 is 0 Å². The van der Waals surface area contributed by atoms with Gasteiger partial charge < -0.3 is 10.2 Å². The zero-order chi connectivity index (χ0) is 17.4. The Kier molecular flexibility index (Phi) is 6.73. The minimum atomic E-state index is 0.0475. The highest BCUT2D eigenvalue weighted by Gasteiger charge is 2.14. The lowest BCUT2D eigenvalue weighted by Crippen LogP contribution is -2.23. The second-order valence-corrected chi connectivity index (χ2v) is 5.93. The van der Waals surface area contributed by atoms with Crippen molar-refractivity contribution >= 4 is 17.4 Å². The SMILES string of the molecule is CCC(CC)C(=O)Nc1ccc(N(C)CCc2ccncc2)cn1. The number of amides is 1. The number of carbonyl (C=O) groups excluding carboxylic acids is 1. The van der Waals surface area contributed by atoms with E-state index in [9.17, 15) is 4.79 Å². The van der Waals surface area contributed by atoms with Crippen molar-refractivity contribution < 1.29 is 4.79 Å². The van der Waals surface area contributed by atoms with Gasteiger partial charge in [0.05, 0.1) is 11.9 Å². The lowest BCUT2D eigenvalue weighted by molar-refractivity contribution is -0.120. The van der Waals surface area contributed by atoms with Gasteiger partial charge in [-0.1, -0.05) is 13.8 Å². The van der Waals surface area contributed by atoms with Crippen LogP contribution in [-0.4, -0.2) is 29.5 Å². The van der Waals surface area contributed by atoms with E-state index < -0.39 is 0 Å². The lowest BCUT2D eigenvalue weighted by Gasteiger charge is -2.19. The number of hydrogen-bond acceptors (Lipinski definition) is 4. The van der Waals surface area contributed by atoms with Crippen LogP contribution in [-0.2, 0) is 11.2 Å². The Hall–Kier alpha value is -2.43. The van der Waals surface area contributed by atoms with E-state index in [2.05, 4.69) is 20.2 Å². The molecule has 2 rings (SSSR count). The average Bonchev–Trinajstić information content (AvgIpc) is 2.62. The highest BCUT2D eigenvalue weighted by Crippen LogP contribution is 2.16. The molecule has 1 amide bonds. The molecule has 1 N–H and O–H groups in total. The van der Waals surface area contributed by atoms with E-state index in [1.807, 2.05) is 57.6 Å². The molecule has 24 heavy (non-hydrogen) atoms. The number of nitrogens with zero attached hydrogens (tertiary/aromatic N) is 3. The number of pyridine rings is 2. The fraction of sp³-hybridized carbons (Fsp3) is 0.421. The van der Waals surface area contributed by atoms with Gasteiger partial charge in [-0.3, -0.25) is 9.78 Å². The molecular formula is C19H26N4O. The molecule has 0 aromatic carbocycles. The van der Waals surface area contributed by atoms with E-state index in [0.29, 0.717) is 5.82 Å². The van der Waals surface area contributed by atoms with Gasteiger partial charge in [0, 0.05) is 31.9 Å². The Bertz CT molecular complexity index is 624. The minimum absolute atomic E-state index is 0.0475. The molecule has 0 unspecified atom stereocenters. The van der Waals surface area contributed by atoms with E-state index in [0.717, 1.165) is 31.5 Å². The summed E-state index contributed by atoms with van der Waals surface area (Å²) in [6.45, 7) is 4.95. The summed E-state index contributed by atoms with van der Waals surface area (Å²) < 4.78 is 0. The molecule has 0 bridgehead atoms. The van der Waals surface area contributed by atoms with Crippen LogP contribution in [0.5, 0.6) is 0 Å². The fourth-order valence-electron chi connectivity index (χ4n) is 2.55. The van der Waals surface area contributed by atoms with Crippen LogP contribution in [0.15, 0.2) is 42.9 Å². The number of rotatable bonds is 8. The summed E-state index contributed by atoms with van der Waals surface area (Å²) >= 11 is 0. The highest BCUT2D eigenvalue weighted by molar-refractivity contribution is 5.91. The largest absolute Gasteiger partial charge is 0.373 e. The fourth-order valence-corrected chi connectivity index (χ4v) is 2.55. The zero-order valence-corrected chi connectivity index (χ0v) is 14.7. The standard InChI is InChI=1S/C19H26N4O/c1-4-16(5-2)19(24)22-18-7-6-17(14-21-18)23(3)13-10-15-8-11-20-12-9-15/h6-9,11-12,14,16H,4-5,10,13H2,1-3H3,(H,21,22,24). The predicted molar refractivity (Wildman–Crippen MR) is 98.1 cm³/mol. The van der Waals surface area contributed by atoms with E-state index >= 15 is 0 Å². The van der Waals surface area contributed by atoms with Crippen LogP contribution in [0.1, 0.15) is 32.3 Å². The first-order valence-electron chi connectivity index (χ1n) is 8.51. The third-order valence-electron chi connectivity index (χ3n) is 4.28. The molecule has 0 saturated carbocycles. The molecule has 0 aliphatic rings. The van der Waals surface area contributed by atoms with Gasteiger partial charge in [0.15, 0.2) is 0 Å². The molecule has 5 heteroatoms. The molecule has 0 aliphatic heterocycles. The van der Waals surface area contributed by atoms with Crippen molar-refractivity contribution in [2.45, 2.75) is 33.1 Å². The molecule has 0 spiro atoms. The highest BCUT2D eigenvalue weighted by atomic mass is 16.1. The van der Waals surface area contributed by atoms with Crippen molar-refractivity contribution in [3.63, 3.8) is 0 Å². The molecule has 0 fully saturated rings. The van der Waals surface area contributed by atoms with Gasteiger partial charge in [0.2, 0.25) is 5.91 Å². The van der Waals surface area contributed by atoms with E-state index in [1.165, 1.54) is 5.56 Å². The first-order valence-corrected chi connectivity index (χ1v) is 8.51. The lowest BCUT2D eigenvalue weighted by atomic mass is 10.0. The quantitative estimate of drug-likeness (QED) is 0.806. The first-order chi connectivity index (χ1) is 11.6. The van der Waals surface area contributed by atoms with Gasteiger partial charge in [-0.25, -0.2) is 4.98 Å². The Morgan fingerprint density at radius 3 is 2.46 bits per heavy atom. The van der Waals surface area contributed by atoms with E-state index in [1.54, 1.807) is 6.20 Å². The molecule has 2 aromatic heterocycles. The summed E-state index contributed by atoms with van der Waals surface area (Å²) in [7, 11) is 2.04. The number of carbonyl (C=O) groups is 1.